The van der Waals surface area contributed by atoms with Gasteiger partial charge in [0.1, 0.15) is 0 Å². The number of hydrogen-bond donors (Lipinski definition) is 0. The van der Waals surface area contributed by atoms with Crippen molar-refractivity contribution in [3.8, 4) is 5.75 Å². The number of aryl methyl sites for hydroxylation is 4. The maximum Gasteiger partial charge on any atom is 0.200 e. The second kappa shape index (κ2) is 6.08. The molecule has 21 heavy (non-hydrogen) atoms. The van der Waals surface area contributed by atoms with Crippen LogP contribution in [-0.4, -0.2) is 12.4 Å². The SMILES string of the molecule is Cc1cc(C)c(C(=O)COc2cccc(C)c2F)cc1C. The lowest BCUT2D eigenvalue weighted by Gasteiger charge is -2.11. The highest BCUT2D eigenvalue weighted by atomic mass is 19.1. The van der Waals surface area contributed by atoms with Gasteiger partial charge in [0.05, 0.1) is 0 Å². The molecule has 0 fully saturated rings. The number of Topliss-reactive ketones (excluding diaryl/α,β-unsaturated/α-hetero) is 1. The monoisotopic (exact) mass is 286 g/mol. The zero-order chi connectivity index (χ0) is 15.6. The molecule has 0 bridgehead atoms. The molecule has 0 N–H and O–H groups in total. The Morgan fingerprint density at radius 3 is 2.38 bits per heavy atom. The molecule has 0 aliphatic heterocycles. The van der Waals surface area contributed by atoms with E-state index < -0.39 is 5.82 Å². The zero-order valence-electron chi connectivity index (χ0n) is 12.8. The lowest BCUT2D eigenvalue weighted by Crippen LogP contribution is -2.14. The molecule has 0 heterocycles. The number of ether oxygens (including phenoxy) is 1. The molecule has 0 atom stereocenters. The molecule has 0 saturated heterocycles. The normalized spacial score (nSPS) is 10.5. The van der Waals surface area contributed by atoms with Crippen molar-refractivity contribution in [2.75, 3.05) is 6.61 Å². The van der Waals surface area contributed by atoms with Crippen LogP contribution in [0.5, 0.6) is 5.75 Å². The van der Waals surface area contributed by atoms with E-state index in [1.807, 2.05) is 32.9 Å². The summed E-state index contributed by atoms with van der Waals surface area (Å²) in [4.78, 5) is 12.3. The average Bonchev–Trinajstić information content (AvgIpc) is 2.44. The molecule has 0 aromatic heterocycles. The number of rotatable bonds is 4. The predicted octanol–water partition coefficient (Wildman–Crippen LogP) is 4.32. The van der Waals surface area contributed by atoms with Crippen LogP contribution in [0.2, 0.25) is 0 Å². The van der Waals surface area contributed by atoms with Crippen LogP contribution in [0.3, 0.4) is 0 Å². The van der Waals surface area contributed by atoms with Gasteiger partial charge in [-0.3, -0.25) is 4.79 Å². The summed E-state index contributed by atoms with van der Waals surface area (Å²) in [5, 5.41) is 0. The topological polar surface area (TPSA) is 26.3 Å². The van der Waals surface area contributed by atoms with Gasteiger partial charge in [0, 0.05) is 5.56 Å². The van der Waals surface area contributed by atoms with Gasteiger partial charge in [0.15, 0.2) is 24.0 Å². The molecule has 0 unspecified atom stereocenters. The fourth-order valence-corrected chi connectivity index (χ4v) is 2.21. The third-order valence-corrected chi connectivity index (χ3v) is 3.66. The van der Waals surface area contributed by atoms with Crippen molar-refractivity contribution in [1.29, 1.82) is 0 Å². The van der Waals surface area contributed by atoms with Crippen molar-refractivity contribution < 1.29 is 13.9 Å². The summed E-state index contributed by atoms with van der Waals surface area (Å²) < 4.78 is 19.1. The Morgan fingerprint density at radius 2 is 1.67 bits per heavy atom. The maximum absolute atomic E-state index is 13.8. The van der Waals surface area contributed by atoms with Crippen molar-refractivity contribution >= 4 is 5.78 Å². The second-order valence-electron chi connectivity index (χ2n) is 5.35. The lowest BCUT2D eigenvalue weighted by molar-refractivity contribution is 0.0918. The summed E-state index contributed by atoms with van der Waals surface area (Å²) >= 11 is 0. The Hall–Kier alpha value is -2.16. The first-order chi connectivity index (χ1) is 9.90. The first-order valence-corrected chi connectivity index (χ1v) is 6.89. The number of ketones is 1. The fourth-order valence-electron chi connectivity index (χ4n) is 2.21. The van der Waals surface area contributed by atoms with Crippen LogP contribution in [0.4, 0.5) is 4.39 Å². The van der Waals surface area contributed by atoms with Gasteiger partial charge in [-0.2, -0.15) is 0 Å². The van der Waals surface area contributed by atoms with Crippen LogP contribution < -0.4 is 4.74 Å². The van der Waals surface area contributed by atoms with E-state index in [2.05, 4.69) is 0 Å². The fraction of sp³-hybridized carbons (Fsp3) is 0.278. The van der Waals surface area contributed by atoms with Gasteiger partial charge in [0.2, 0.25) is 0 Å². The van der Waals surface area contributed by atoms with Gasteiger partial charge in [0.25, 0.3) is 0 Å². The summed E-state index contributed by atoms with van der Waals surface area (Å²) in [6.07, 6.45) is 0. The average molecular weight is 286 g/mol. The first-order valence-electron chi connectivity index (χ1n) is 6.89. The Balaban J connectivity index is 2.16. The van der Waals surface area contributed by atoms with Crippen molar-refractivity contribution in [2.24, 2.45) is 0 Å². The smallest absolute Gasteiger partial charge is 0.200 e. The van der Waals surface area contributed by atoms with Crippen molar-refractivity contribution in [1.82, 2.24) is 0 Å². The Morgan fingerprint density at radius 1 is 1.00 bits per heavy atom. The van der Waals surface area contributed by atoms with E-state index in [0.717, 1.165) is 16.7 Å². The van der Waals surface area contributed by atoms with Crippen LogP contribution >= 0.6 is 0 Å². The van der Waals surface area contributed by atoms with Crippen LogP contribution in [0.1, 0.15) is 32.6 Å². The molecule has 2 rings (SSSR count). The molecule has 0 aliphatic carbocycles. The van der Waals surface area contributed by atoms with Crippen molar-refractivity contribution in [2.45, 2.75) is 27.7 Å². The maximum atomic E-state index is 13.8. The third-order valence-electron chi connectivity index (χ3n) is 3.66. The zero-order valence-corrected chi connectivity index (χ0v) is 12.8. The van der Waals surface area contributed by atoms with Crippen LogP contribution in [0.15, 0.2) is 30.3 Å². The molecule has 3 heteroatoms. The van der Waals surface area contributed by atoms with E-state index in [-0.39, 0.29) is 18.1 Å². The molecule has 2 nitrogen and oxygen atoms in total. The van der Waals surface area contributed by atoms with E-state index in [0.29, 0.717) is 11.1 Å². The summed E-state index contributed by atoms with van der Waals surface area (Å²) in [5.41, 5.74) is 4.25. The van der Waals surface area contributed by atoms with Gasteiger partial charge in [-0.25, -0.2) is 4.39 Å². The van der Waals surface area contributed by atoms with Crippen molar-refractivity contribution in [3.05, 3.63) is 64.0 Å². The number of halogens is 1. The van der Waals surface area contributed by atoms with E-state index >= 15 is 0 Å². The summed E-state index contributed by atoms with van der Waals surface area (Å²) in [6, 6.07) is 8.75. The third kappa shape index (κ3) is 3.30. The van der Waals surface area contributed by atoms with Crippen LogP contribution in [-0.2, 0) is 0 Å². The number of carbonyl (C=O) groups excluding carboxylic acids is 1. The number of benzene rings is 2. The molecule has 0 aliphatic rings. The molecule has 0 radical (unpaired) electrons. The molecule has 0 spiro atoms. The molecular weight excluding hydrogens is 267 g/mol. The minimum atomic E-state index is -0.415. The minimum Gasteiger partial charge on any atom is -0.482 e. The first kappa shape index (κ1) is 15.2. The summed E-state index contributed by atoms with van der Waals surface area (Å²) in [6.45, 7) is 7.37. The van der Waals surface area contributed by atoms with E-state index in [9.17, 15) is 9.18 Å². The van der Waals surface area contributed by atoms with Crippen LogP contribution in [0, 0.1) is 33.5 Å². The minimum absolute atomic E-state index is 0.116. The molecular formula is C18H19FO2. The van der Waals surface area contributed by atoms with Gasteiger partial charge >= 0.3 is 0 Å². The standard InChI is InChI=1S/C18H19FO2/c1-11-6-5-7-17(18(11)19)21-10-16(20)15-9-13(3)12(2)8-14(15)4/h5-9H,10H2,1-4H3. The van der Waals surface area contributed by atoms with Gasteiger partial charge in [-0.15, -0.1) is 0 Å². The lowest BCUT2D eigenvalue weighted by atomic mass is 9.98. The highest BCUT2D eigenvalue weighted by Gasteiger charge is 2.13. The molecule has 110 valence electrons. The summed E-state index contributed by atoms with van der Waals surface area (Å²) in [5.74, 6) is -0.441. The van der Waals surface area contributed by atoms with Gasteiger partial charge in [-0.05, 0) is 62.1 Å². The second-order valence-corrected chi connectivity index (χ2v) is 5.35. The molecule has 0 amide bonds. The number of hydrogen-bond acceptors (Lipinski definition) is 2. The largest absolute Gasteiger partial charge is 0.482 e. The van der Waals surface area contributed by atoms with E-state index in [1.165, 1.54) is 6.07 Å². The summed E-state index contributed by atoms with van der Waals surface area (Å²) in [7, 11) is 0. The Labute approximate surface area is 124 Å². The van der Waals surface area contributed by atoms with E-state index in [1.54, 1.807) is 19.1 Å². The molecule has 2 aromatic rings. The highest BCUT2D eigenvalue weighted by Crippen LogP contribution is 2.21. The van der Waals surface area contributed by atoms with Crippen LogP contribution in [0.25, 0.3) is 0 Å². The predicted molar refractivity (Wildman–Crippen MR) is 81.6 cm³/mol. The quantitative estimate of drug-likeness (QED) is 0.782. The Bertz CT molecular complexity index is 690. The Kier molecular flexibility index (Phi) is 4.41. The number of carbonyl (C=O) groups is 1. The molecule has 2 aromatic carbocycles. The van der Waals surface area contributed by atoms with Gasteiger partial charge < -0.3 is 4.74 Å². The molecule has 0 saturated carbocycles. The van der Waals surface area contributed by atoms with Crippen molar-refractivity contribution in [3.63, 3.8) is 0 Å². The van der Waals surface area contributed by atoms with Gasteiger partial charge in [-0.1, -0.05) is 18.2 Å². The van der Waals surface area contributed by atoms with E-state index in [4.69, 9.17) is 4.74 Å². The highest BCUT2D eigenvalue weighted by molar-refractivity contribution is 5.98.